The summed E-state index contributed by atoms with van der Waals surface area (Å²) in [7, 11) is 1.74. The fourth-order valence-electron chi connectivity index (χ4n) is 3.41. The van der Waals surface area contributed by atoms with E-state index in [2.05, 4.69) is 30.4 Å². The molecule has 0 radical (unpaired) electrons. The van der Waals surface area contributed by atoms with Crippen LogP contribution in [0.15, 0.2) is 18.2 Å². The number of aryl methyl sites for hydroxylation is 1. The molecule has 0 spiro atoms. The third-order valence-electron chi connectivity index (χ3n) is 4.61. The van der Waals surface area contributed by atoms with Gasteiger partial charge in [-0.15, -0.1) is 0 Å². The second-order valence-electron chi connectivity index (χ2n) is 5.99. The summed E-state index contributed by atoms with van der Waals surface area (Å²) in [6.45, 7) is 2.92. The van der Waals surface area contributed by atoms with Crippen LogP contribution in [0.1, 0.15) is 37.3 Å². The van der Waals surface area contributed by atoms with Crippen LogP contribution in [0.2, 0.25) is 0 Å². The molecule has 20 heavy (non-hydrogen) atoms. The zero-order chi connectivity index (χ0) is 13.9. The topological polar surface area (TPSA) is 30.5 Å². The molecule has 0 heterocycles. The Morgan fingerprint density at radius 3 is 2.80 bits per heavy atom. The highest BCUT2D eigenvalue weighted by atomic mass is 16.5. The SMILES string of the molecule is CCOC1CC(NC2CCc3ccc(OC)cc3C2)C1. The van der Waals surface area contributed by atoms with Gasteiger partial charge >= 0.3 is 0 Å². The number of methoxy groups -OCH3 is 1. The number of fused-ring (bicyclic) bond motifs is 1. The fourth-order valence-corrected chi connectivity index (χ4v) is 3.41. The van der Waals surface area contributed by atoms with Crippen molar-refractivity contribution in [3.05, 3.63) is 29.3 Å². The Kier molecular flexibility index (Phi) is 4.27. The lowest BCUT2D eigenvalue weighted by Crippen LogP contribution is -2.50. The van der Waals surface area contributed by atoms with Crippen LogP contribution in [-0.4, -0.2) is 31.9 Å². The Morgan fingerprint density at radius 1 is 1.20 bits per heavy atom. The van der Waals surface area contributed by atoms with Gasteiger partial charge in [0.1, 0.15) is 5.75 Å². The zero-order valence-electron chi connectivity index (χ0n) is 12.5. The number of nitrogens with one attached hydrogen (secondary N) is 1. The Bertz CT molecular complexity index is 454. The van der Waals surface area contributed by atoms with Crippen LogP contribution in [0, 0.1) is 0 Å². The van der Waals surface area contributed by atoms with Gasteiger partial charge in [0.05, 0.1) is 13.2 Å². The van der Waals surface area contributed by atoms with Gasteiger partial charge in [0.15, 0.2) is 0 Å². The van der Waals surface area contributed by atoms with Crippen LogP contribution in [-0.2, 0) is 17.6 Å². The first-order chi connectivity index (χ1) is 9.78. The van der Waals surface area contributed by atoms with E-state index in [1.54, 1.807) is 7.11 Å². The predicted molar refractivity (Wildman–Crippen MR) is 80.4 cm³/mol. The second kappa shape index (κ2) is 6.15. The molecule has 2 aliphatic rings. The molecule has 1 unspecified atom stereocenters. The van der Waals surface area contributed by atoms with Crippen molar-refractivity contribution in [2.45, 2.75) is 57.2 Å². The molecule has 1 N–H and O–H groups in total. The fraction of sp³-hybridized carbons (Fsp3) is 0.647. The smallest absolute Gasteiger partial charge is 0.119 e. The largest absolute Gasteiger partial charge is 0.497 e. The molecule has 3 heteroatoms. The van der Waals surface area contributed by atoms with Crippen LogP contribution in [0.5, 0.6) is 5.75 Å². The number of benzene rings is 1. The van der Waals surface area contributed by atoms with Crippen LogP contribution in [0.3, 0.4) is 0 Å². The van der Waals surface area contributed by atoms with Crippen LogP contribution in [0.4, 0.5) is 0 Å². The van der Waals surface area contributed by atoms with Gasteiger partial charge in [0, 0.05) is 18.7 Å². The minimum absolute atomic E-state index is 0.494. The van der Waals surface area contributed by atoms with Crippen molar-refractivity contribution in [2.75, 3.05) is 13.7 Å². The van der Waals surface area contributed by atoms with Gasteiger partial charge in [0.2, 0.25) is 0 Å². The van der Waals surface area contributed by atoms with Gasteiger partial charge in [-0.2, -0.15) is 0 Å². The highest BCUT2D eigenvalue weighted by Crippen LogP contribution is 2.28. The van der Waals surface area contributed by atoms with Gasteiger partial charge < -0.3 is 14.8 Å². The third-order valence-corrected chi connectivity index (χ3v) is 4.61. The molecule has 0 amide bonds. The van der Waals surface area contributed by atoms with E-state index in [-0.39, 0.29) is 0 Å². The van der Waals surface area contributed by atoms with Crippen LogP contribution >= 0.6 is 0 Å². The minimum atomic E-state index is 0.494. The molecule has 2 aliphatic carbocycles. The Balaban J connectivity index is 1.53. The normalized spacial score (nSPS) is 28.6. The third kappa shape index (κ3) is 2.99. The molecule has 1 aromatic rings. The molecule has 3 nitrogen and oxygen atoms in total. The number of ether oxygens (including phenoxy) is 2. The summed E-state index contributed by atoms with van der Waals surface area (Å²) in [6.07, 6.45) is 6.40. The maximum atomic E-state index is 5.63. The van der Waals surface area contributed by atoms with Crippen LogP contribution < -0.4 is 10.1 Å². The van der Waals surface area contributed by atoms with E-state index in [9.17, 15) is 0 Å². The molecule has 0 bridgehead atoms. The first-order valence-corrected chi connectivity index (χ1v) is 7.82. The van der Waals surface area contributed by atoms with E-state index in [4.69, 9.17) is 9.47 Å². The summed E-state index contributed by atoms with van der Waals surface area (Å²) < 4.78 is 11.0. The number of rotatable bonds is 5. The van der Waals surface area contributed by atoms with Crippen LogP contribution in [0.25, 0.3) is 0 Å². The number of hydrogen-bond acceptors (Lipinski definition) is 3. The van der Waals surface area contributed by atoms with Gasteiger partial charge in [-0.05, 0) is 62.3 Å². The zero-order valence-corrected chi connectivity index (χ0v) is 12.5. The lowest BCUT2D eigenvalue weighted by Gasteiger charge is -2.39. The molecule has 0 aliphatic heterocycles. The van der Waals surface area contributed by atoms with E-state index in [1.807, 2.05) is 0 Å². The van der Waals surface area contributed by atoms with Crippen molar-refractivity contribution in [2.24, 2.45) is 0 Å². The molecule has 110 valence electrons. The maximum absolute atomic E-state index is 5.63. The van der Waals surface area contributed by atoms with Gasteiger partial charge in [-0.3, -0.25) is 0 Å². The van der Waals surface area contributed by atoms with Gasteiger partial charge in [-0.1, -0.05) is 6.07 Å². The maximum Gasteiger partial charge on any atom is 0.119 e. The second-order valence-corrected chi connectivity index (χ2v) is 5.99. The molecule has 1 fully saturated rings. The highest BCUT2D eigenvalue weighted by Gasteiger charge is 2.31. The van der Waals surface area contributed by atoms with Gasteiger partial charge in [-0.25, -0.2) is 0 Å². The molecule has 1 atom stereocenters. The van der Waals surface area contributed by atoms with E-state index in [0.717, 1.165) is 18.8 Å². The lowest BCUT2D eigenvalue weighted by molar-refractivity contribution is -0.0127. The van der Waals surface area contributed by atoms with Crippen molar-refractivity contribution in [1.82, 2.24) is 5.32 Å². The average molecular weight is 275 g/mol. The first-order valence-electron chi connectivity index (χ1n) is 7.82. The highest BCUT2D eigenvalue weighted by molar-refractivity contribution is 5.37. The summed E-state index contributed by atoms with van der Waals surface area (Å²) in [6, 6.07) is 7.77. The molecule has 0 aromatic heterocycles. The summed E-state index contributed by atoms with van der Waals surface area (Å²) in [4.78, 5) is 0. The van der Waals surface area contributed by atoms with E-state index < -0.39 is 0 Å². The average Bonchev–Trinajstić information content (AvgIpc) is 2.44. The van der Waals surface area contributed by atoms with Gasteiger partial charge in [0.25, 0.3) is 0 Å². The Morgan fingerprint density at radius 2 is 2.05 bits per heavy atom. The summed E-state index contributed by atoms with van der Waals surface area (Å²) in [5, 5.41) is 3.80. The number of hydrogen-bond donors (Lipinski definition) is 1. The summed E-state index contributed by atoms with van der Waals surface area (Å²) in [5.74, 6) is 0.976. The first kappa shape index (κ1) is 13.9. The minimum Gasteiger partial charge on any atom is -0.497 e. The molecular weight excluding hydrogens is 250 g/mol. The van der Waals surface area contributed by atoms with Crippen molar-refractivity contribution in [1.29, 1.82) is 0 Å². The molecule has 1 aromatic carbocycles. The Hall–Kier alpha value is -1.06. The molecule has 1 saturated carbocycles. The van der Waals surface area contributed by atoms with E-state index in [0.29, 0.717) is 18.2 Å². The van der Waals surface area contributed by atoms with Crippen molar-refractivity contribution in [3.8, 4) is 5.75 Å². The van der Waals surface area contributed by atoms with Crippen molar-refractivity contribution >= 4 is 0 Å². The quantitative estimate of drug-likeness (QED) is 0.896. The summed E-state index contributed by atoms with van der Waals surface area (Å²) >= 11 is 0. The van der Waals surface area contributed by atoms with Crippen molar-refractivity contribution in [3.63, 3.8) is 0 Å². The predicted octanol–water partition coefficient (Wildman–Crippen LogP) is 2.71. The Labute approximate surface area is 121 Å². The lowest BCUT2D eigenvalue weighted by atomic mass is 9.84. The molecule has 0 saturated heterocycles. The molecule has 3 rings (SSSR count). The van der Waals surface area contributed by atoms with Crippen molar-refractivity contribution < 1.29 is 9.47 Å². The summed E-state index contributed by atoms with van der Waals surface area (Å²) in [5.41, 5.74) is 2.94. The van der Waals surface area contributed by atoms with E-state index in [1.165, 1.54) is 36.8 Å². The standard InChI is InChI=1S/C17H25NO2/c1-3-20-17-10-15(11-17)18-14-6-4-12-5-7-16(19-2)9-13(12)8-14/h5,7,9,14-15,17-18H,3-4,6,8,10-11H2,1-2H3. The monoisotopic (exact) mass is 275 g/mol. The molecular formula is C17H25NO2. The van der Waals surface area contributed by atoms with E-state index >= 15 is 0 Å².